The minimum Gasteiger partial charge on any atom is -0.373 e. The van der Waals surface area contributed by atoms with Gasteiger partial charge in [-0.25, -0.2) is 0 Å². The summed E-state index contributed by atoms with van der Waals surface area (Å²) in [7, 11) is -9.23. The highest BCUT2D eigenvalue weighted by molar-refractivity contribution is 7.81. The van der Waals surface area contributed by atoms with Crippen LogP contribution in [0.5, 0.6) is 0 Å². The number of thiol groups is 1. The van der Waals surface area contributed by atoms with Crippen molar-refractivity contribution < 1.29 is 28.7 Å². The summed E-state index contributed by atoms with van der Waals surface area (Å²) in [5.41, 5.74) is 0. The van der Waals surface area contributed by atoms with Gasteiger partial charge in [-0.3, -0.25) is 14.1 Å². The highest BCUT2D eigenvalue weighted by Crippen LogP contribution is 2.49. The second-order valence-electron chi connectivity index (χ2n) is 4.07. The number of hydrogen-bond acceptors (Lipinski definition) is 4. The van der Waals surface area contributed by atoms with Gasteiger partial charge in [-0.1, -0.05) is 0 Å². The fraction of sp³-hybridized carbons (Fsp3) is 0.857. The van der Waals surface area contributed by atoms with Crippen molar-refractivity contribution in [2.45, 2.75) is 23.9 Å². The van der Waals surface area contributed by atoms with Gasteiger partial charge in [0.25, 0.3) is 0 Å². The molecule has 18 heavy (non-hydrogen) atoms. The van der Waals surface area contributed by atoms with Crippen LogP contribution < -0.4 is 5.32 Å². The third-order valence-electron chi connectivity index (χ3n) is 2.35. The molecule has 2 atom stereocenters. The number of piperidine rings is 1. The molecule has 1 rings (SSSR count). The molecule has 106 valence electrons. The van der Waals surface area contributed by atoms with E-state index in [1.807, 2.05) is 0 Å². The van der Waals surface area contributed by atoms with Gasteiger partial charge in [0.1, 0.15) is 0 Å². The average Bonchev–Trinajstić information content (AvgIpc) is 2.17. The predicted octanol–water partition coefficient (Wildman–Crippen LogP) is -0.252. The second-order valence-corrected chi connectivity index (χ2v) is 8.27. The van der Waals surface area contributed by atoms with Crippen LogP contribution >= 0.6 is 27.8 Å². The van der Waals surface area contributed by atoms with Crippen LogP contribution in [0.15, 0.2) is 4.99 Å². The van der Waals surface area contributed by atoms with Crippen molar-refractivity contribution in [3.63, 3.8) is 0 Å². The first-order chi connectivity index (χ1) is 8.08. The Hall–Kier alpha value is 0.120. The summed E-state index contributed by atoms with van der Waals surface area (Å²) in [6.45, 7) is 0.506. The van der Waals surface area contributed by atoms with Gasteiger partial charge in [0.05, 0.1) is 12.0 Å². The monoisotopic (exact) mass is 318 g/mol. The van der Waals surface area contributed by atoms with Gasteiger partial charge in [-0.2, -0.15) is 12.6 Å². The molecular formula is C7H16N2O6P2S. The molecule has 0 saturated carbocycles. The first kappa shape index (κ1) is 16.2. The molecule has 0 spiro atoms. The zero-order valence-electron chi connectivity index (χ0n) is 9.38. The van der Waals surface area contributed by atoms with Crippen LogP contribution in [0.2, 0.25) is 0 Å². The quantitative estimate of drug-likeness (QED) is 0.310. The summed E-state index contributed by atoms with van der Waals surface area (Å²) in [5.74, 6) is -1.36. The van der Waals surface area contributed by atoms with Gasteiger partial charge in [-0.05, 0) is 6.42 Å². The smallest absolute Gasteiger partial charge is 0.350 e. The topological polar surface area (TPSA) is 139 Å². The molecule has 8 nitrogen and oxygen atoms in total. The molecule has 2 unspecified atom stereocenters. The van der Waals surface area contributed by atoms with Crippen LogP contribution in [-0.4, -0.2) is 49.1 Å². The Morgan fingerprint density at radius 2 is 2.00 bits per heavy atom. The second kappa shape index (κ2) is 6.05. The number of nitrogens with zero attached hydrogens (tertiary/aromatic N) is 1. The third kappa shape index (κ3) is 5.84. The van der Waals surface area contributed by atoms with Gasteiger partial charge >= 0.3 is 15.2 Å². The molecular weight excluding hydrogens is 302 g/mol. The molecule has 0 bridgehead atoms. The van der Waals surface area contributed by atoms with Crippen LogP contribution in [0.3, 0.4) is 0 Å². The molecule has 5 N–H and O–H groups in total. The molecule has 1 heterocycles. The van der Waals surface area contributed by atoms with Crippen molar-refractivity contribution >= 4 is 33.7 Å². The van der Waals surface area contributed by atoms with E-state index in [0.717, 1.165) is 0 Å². The summed E-state index contributed by atoms with van der Waals surface area (Å²) in [6, 6.07) is 0. The van der Waals surface area contributed by atoms with E-state index in [-0.39, 0.29) is 5.25 Å². The molecule has 0 aromatic rings. The molecule has 0 amide bonds. The largest absolute Gasteiger partial charge is 0.373 e. The summed E-state index contributed by atoms with van der Waals surface area (Å²) in [4.78, 5) is 39.4. The Morgan fingerprint density at radius 1 is 1.39 bits per heavy atom. The first-order valence-electron chi connectivity index (χ1n) is 5.16. The van der Waals surface area contributed by atoms with Crippen LogP contribution in [0.25, 0.3) is 0 Å². The lowest BCUT2D eigenvalue weighted by Crippen LogP contribution is -2.36. The average molecular weight is 318 g/mol. The Morgan fingerprint density at radius 3 is 2.39 bits per heavy atom. The van der Waals surface area contributed by atoms with Crippen molar-refractivity contribution in [1.82, 2.24) is 5.32 Å². The molecule has 0 aliphatic carbocycles. The zero-order valence-corrected chi connectivity index (χ0v) is 12.1. The van der Waals surface area contributed by atoms with Crippen LogP contribution in [0.1, 0.15) is 12.8 Å². The van der Waals surface area contributed by atoms with E-state index in [0.29, 0.717) is 25.2 Å². The van der Waals surface area contributed by atoms with Crippen molar-refractivity contribution in [2.75, 3.05) is 12.7 Å². The van der Waals surface area contributed by atoms with E-state index < -0.39 is 27.1 Å². The maximum absolute atomic E-state index is 11.1. The van der Waals surface area contributed by atoms with Gasteiger partial charge < -0.3 is 24.9 Å². The van der Waals surface area contributed by atoms with E-state index in [1.165, 1.54) is 0 Å². The maximum atomic E-state index is 11.1. The van der Waals surface area contributed by atoms with Crippen LogP contribution in [0, 0.1) is 0 Å². The summed E-state index contributed by atoms with van der Waals surface area (Å²) in [6.07, 6.45) is 0.178. The molecule has 1 saturated heterocycles. The van der Waals surface area contributed by atoms with E-state index >= 15 is 0 Å². The Bertz CT molecular complexity index is 408. The predicted molar refractivity (Wildman–Crippen MR) is 70.2 cm³/mol. The number of rotatable bonds is 4. The number of hydrogen-bond donors (Lipinski definition) is 6. The SMILES string of the molecule is O=P(O)(O)CC(/N=C1\CCC(S)CN1)P(=O)(O)O. The molecule has 0 radical (unpaired) electrons. The number of nitrogens with one attached hydrogen (secondary N) is 1. The van der Waals surface area contributed by atoms with Crippen molar-refractivity contribution in [3.8, 4) is 0 Å². The molecule has 0 aromatic carbocycles. The summed E-state index contributed by atoms with van der Waals surface area (Å²) in [5, 5.41) is 2.97. The van der Waals surface area contributed by atoms with Crippen molar-refractivity contribution in [1.29, 1.82) is 0 Å². The van der Waals surface area contributed by atoms with E-state index in [1.54, 1.807) is 0 Å². The van der Waals surface area contributed by atoms with E-state index in [9.17, 15) is 9.13 Å². The van der Waals surface area contributed by atoms with E-state index in [2.05, 4.69) is 22.9 Å². The normalized spacial score (nSPS) is 25.8. The Kier molecular flexibility index (Phi) is 5.44. The fourth-order valence-electron chi connectivity index (χ4n) is 1.45. The minimum atomic E-state index is -4.69. The van der Waals surface area contributed by atoms with Crippen molar-refractivity contribution in [2.24, 2.45) is 4.99 Å². The lowest BCUT2D eigenvalue weighted by atomic mass is 10.1. The van der Waals surface area contributed by atoms with Gasteiger partial charge in [-0.15, -0.1) is 0 Å². The minimum absolute atomic E-state index is 0.138. The van der Waals surface area contributed by atoms with Gasteiger partial charge in [0, 0.05) is 18.2 Å². The summed E-state index contributed by atoms with van der Waals surface area (Å²) < 4.78 is 22.0. The Balaban J connectivity index is 2.82. The first-order valence-corrected chi connectivity index (χ1v) is 9.16. The molecule has 1 fully saturated rings. The highest BCUT2D eigenvalue weighted by Gasteiger charge is 2.35. The van der Waals surface area contributed by atoms with E-state index in [4.69, 9.17) is 19.6 Å². The lowest BCUT2D eigenvalue weighted by molar-refractivity contribution is 0.347. The Labute approximate surface area is 110 Å². The third-order valence-corrected chi connectivity index (χ3v) is 4.98. The van der Waals surface area contributed by atoms with Gasteiger partial charge in [0.15, 0.2) is 5.78 Å². The fourth-order valence-corrected chi connectivity index (χ4v) is 3.96. The number of amidine groups is 1. The zero-order chi connectivity index (χ0) is 14.0. The number of aliphatic imine (C=N–C) groups is 1. The lowest BCUT2D eigenvalue weighted by Gasteiger charge is -2.23. The van der Waals surface area contributed by atoms with Crippen LogP contribution in [0.4, 0.5) is 0 Å². The summed E-state index contributed by atoms with van der Waals surface area (Å²) >= 11 is 4.22. The molecule has 11 heteroatoms. The standard InChI is InChI=1S/C7H16N2O6P2S/c10-16(11,12)4-7(17(13,14)15)9-6-2-1-5(18)3-8-6/h5,7,18H,1-4H2,(H,8,9)(H2,10,11,12)(H2,13,14,15). The highest BCUT2D eigenvalue weighted by atomic mass is 32.1. The van der Waals surface area contributed by atoms with Crippen molar-refractivity contribution in [3.05, 3.63) is 0 Å². The molecule has 0 aromatic heterocycles. The maximum Gasteiger partial charge on any atom is 0.350 e. The molecule has 1 aliphatic rings. The van der Waals surface area contributed by atoms with Crippen LogP contribution in [-0.2, 0) is 9.13 Å². The van der Waals surface area contributed by atoms with Gasteiger partial charge in [0.2, 0.25) is 0 Å². The molecule has 1 aliphatic heterocycles.